The standard InChI is InChI=1S/C18H20FNO2.C11H11FO2.2CH4/c19-15-7-9-17-14(10-15)6-8-18(22-17)16(21)12-20-11-13-4-2-1-3-5-13;12-8-2-4-9-7(5-8)1-3-10(14-9)11-6-13-11;;/h1-5,7,9-10,16,18,20-21H,6,8,11-12H2;2,4-5,10-11H,1,3,6H2;2*1H4. The molecule has 2 N–H and O–H groups in total. The molecule has 0 aromatic heterocycles. The first-order chi connectivity index (χ1) is 17.5. The summed E-state index contributed by atoms with van der Waals surface area (Å²) in [6, 6.07) is 19.3. The lowest BCUT2D eigenvalue weighted by atomic mass is 9.99. The molecule has 4 unspecified atom stereocenters. The zero-order valence-electron chi connectivity index (χ0n) is 20.0. The molecule has 3 aromatic carbocycles. The monoisotopic (exact) mass is 527 g/mol. The smallest absolute Gasteiger partial charge is 0.127 e. The van der Waals surface area contributed by atoms with Gasteiger partial charge in [0.15, 0.2) is 0 Å². The Labute approximate surface area is 224 Å². The maximum absolute atomic E-state index is 13.2. The van der Waals surface area contributed by atoms with E-state index in [9.17, 15) is 13.9 Å². The lowest BCUT2D eigenvalue weighted by Crippen LogP contribution is -2.41. The van der Waals surface area contributed by atoms with Crippen LogP contribution in [-0.4, -0.2) is 42.7 Å². The molecule has 0 amide bonds. The molecule has 0 saturated carbocycles. The van der Waals surface area contributed by atoms with E-state index in [4.69, 9.17) is 14.2 Å². The molecule has 1 fully saturated rings. The molecule has 206 valence electrons. The van der Waals surface area contributed by atoms with Crippen molar-refractivity contribution in [3.05, 3.63) is 95.1 Å². The Balaban J connectivity index is 0.000000217. The molecule has 0 aliphatic carbocycles. The second-order valence-electron chi connectivity index (χ2n) is 9.45. The lowest BCUT2D eigenvalue weighted by Gasteiger charge is -2.29. The van der Waals surface area contributed by atoms with Crippen molar-refractivity contribution in [3.8, 4) is 11.5 Å². The SMILES string of the molecule is C.C.Fc1ccc2c(c1)CCC(C1CO1)O2.OC(CNCc1ccccc1)C1CCc2cc(F)ccc2O1. The quantitative estimate of drug-likeness (QED) is 0.393. The average Bonchev–Trinajstić information content (AvgIpc) is 3.75. The predicted octanol–water partition coefficient (Wildman–Crippen LogP) is 5.86. The van der Waals surface area contributed by atoms with Crippen LogP contribution >= 0.6 is 0 Å². The molecule has 5 nitrogen and oxygen atoms in total. The minimum atomic E-state index is -0.582. The van der Waals surface area contributed by atoms with Crippen LogP contribution in [-0.2, 0) is 24.1 Å². The number of benzene rings is 3. The van der Waals surface area contributed by atoms with E-state index in [-0.39, 0.29) is 44.8 Å². The highest BCUT2D eigenvalue weighted by Gasteiger charge is 2.36. The molecule has 3 aromatic rings. The van der Waals surface area contributed by atoms with Crippen LogP contribution in [0.2, 0.25) is 0 Å². The molecule has 6 rings (SSSR count). The van der Waals surface area contributed by atoms with Crippen molar-refractivity contribution in [2.45, 2.75) is 71.5 Å². The zero-order chi connectivity index (χ0) is 24.9. The van der Waals surface area contributed by atoms with Crippen LogP contribution in [0.4, 0.5) is 8.78 Å². The molecule has 0 spiro atoms. The first kappa shape index (κ1) is 29.6. The summed E-state index contributed by atoms with van der Waals surface area (Å²) in [5, 5.41) is 13.5. The summed E-state index contributed by atoms with van der Waals surface area (Å²) in [7, 11) is 0. The summed E-state index contributed by atoms with van der Waals surface area (Å²) >= 11 is 0. The summed E-state index contributed by atoms with van der Waals surface area (Å²) in [6.45, 7) is 1.99. The third-order valence-corrected chi connectivity index (χ3v) is 6.73. The zero-order valence-corrected chi connectivity index (χ0v) is 20.0. The van der Waals surface area contributed by atoms with Crippen molar-refractivity contribution < 1.29 is 28.1 Å². The highest BCUT2D eigenvalue weighted by atomic mass is 19.1. The van der Waals surface area contributed by atoms with Crippen molar-refractivity contribution in [2.24, 2.45) is 0 Å². The Hall–Kier alpha value is -3.00. The summed E-state index contributed by atoms with van der Waals surface area (Å²) in [5.41, 5.74) is 3.03. The van der Waals surface area contributed by atoms with E-state index in [2.05, 4.69) is 5.32 Å². The summed E-state index contributed by atoms with van der Waals surface area (Å²) in [5.74, 6) is 1.07. The van der Waals surface area contributed by atoms with Crippen molar-refractivity contribution in [2.75, 3.05) is 13.2 Å². The number of aryl methyl sites for hydroxylation is 2. The highest BCUT2D eigenvalue weighted by Crippen LogP contribution is 2.32. The number of aliphatic hydroxyl groups is 1. The first-order valence-electron chi connectivity index (χ1n) is 12.5. The van der Waals surface area contributed by atoms with Crippen LogP contribution in [0.5, 0.6) is 11.5 Å². The van der Waals surface area contributed by atoms with Crippen LogP contribution in [0.1, 0.15) is 44.4 Å². The van der Waals surface area contributed by atoms with Crippen LogP contribution in [0, 0.1) is 11.6 Å². The van der Waals surface area contributed by atoms with E-state index in [0.717, 1.165) is 42.7 Å². The van der Waals surface area contributed by atoms with Gasteiger partial charge in [-0.05, 0) is 78.8 Å². The fourth-order valence-electron chi connectivity index (χ4n) is 4.65. The molecule has 7 heteroatoms. The molecular weight excluding hydrogens is 488 g/mol. The van der Waals surface area contributed by atoms with Crippen molar-refractivity contribution in [1.82, 2.24) is 5.32 Å². The van der Waals surface area contributed by atoms with Gasteiger partial charge in [0, 0.05) is 13.1 Å². The summed E-state index contributed by atoms with van der Waals surface area (Å²) in [6.07, 6.45) is 2.86. The number of aliphatic hydroxyl groups excluding tert-OH is 1. The third-order valence-electron chi connectivity index (χ3n) is 6.73. The van der Waals surface area contributed by atoms with E-state index in [1.54, 1.807) is 18.2 Å². The first-order valence-corrected chi connectivity index (χ1v) is 12.5. The predicted molar refractivity (Wildman–Crippen MR) is 146 cm³/mol. The molecular formula is C31H39F2NO4. The van der Waals surface area contributed by atoms with Crippen LogP contribution in [0.3, 0.4) is 0 Å². The maximum atomic E-state index is 13.2. The number of hydrogen-bond donors (Lipinski definition) is 2. The average molecular weight is 528 g/mol. The molecule has 3 heterocycles. The van der Waals surface area contributed by atoms with Crippen molar-refractivity contribution in [3.63, 3.8) is 0 Å². The third kappa shape index (κ3) is 7.76. The highest BCUT2D eigenvalue weighted by molar-refractivity contribution is 5.37. The minimum absolute atomic E-state index is 0. The molecule has 3 aliphatic rings. The van der Waals surface area contributed by atoms with Crippen LogP contribution in [0.15, 0.2) is 66.7 Å². The van der Waals surface area contributed by atoms with E-state index in [1.165, 1.54) is 23.8 Å². The van der Waals surface area contributed by atoms with Gasteiger partial charge in [-0.15, -0.1) is 0 Å². The van der Waals surface area contributed by atoms with Crippen LogP contribution < -0.4 is 14.8 Å². The van der Waals surface area contributed by atoms with Gasteiger partial charge in [-0.1, -0.05) is 45.2 Å². The fourth-order valence-corrected chi connectivity index (χ4v) is 4.65. The normalized spacial score (nSPS) is 21.4. The van der Waals surface area contributed by atoms with Gasteiger partial charge in [0.2, 0.25) is 0 Å². The van der Waals surface area contributed by atoms with Gasteiger partial charge in [0.05, 0.1) is 6.61 Å². The van der Waals surface area contributed by atoms with E-state index < -0.39 is 6.10 Å². The van der Waals surface area contributed by atoms with Gasteiger partial charge >= 0.3 is 0 Å². The maximum Gasteiger partial charge on any atom is 0.127 e. The fraction of sp³-hybridized carbons (Fsp3) is 0.419. The number of halogens is 2. The molecule has 0 bridgehead atoms. The Bertz CT molecular complexity index is 1160. The topological polar surface area (TPSA) is 63.2 Å². The Morgan fingerprint density at radius 1 is 0.816 bits per heavy atom. The van der Waals surface area contributed by atoms with E-state index in [0.29, 0.717) is 25.3 Å². The number of rotatable bonds is 6. The van der Waals surface area contributed by atoms with Gasteiger partial charge in [0.25, 0.3) is 0 Å². The van der Waals surface area contributed by atoms with Gasteiger partial charge in [-0.2, -0.15) is 0 Å². The second kappa shape index (κ2) is 13.7. The lowest BCUT2D eigenvalue weighted by molar-refractivity contribution is 0.0243. The molecule has 1 saturated heterocycles. The largest absolute Gasteiger partial charge is 0.487 e. The molecule has 3 aliphatic heterocycles. The second-order valence-corrected chi connectivity index (χ2v) is 9.45. The van der Waals surface area contributed by atoms with E-state index >= 15 is 0 Å². The summed E-state index contributed by atoms with van der Waals surface area (Å²) < 4.78 is 42.7. The van der Waals surface area contributed by atoms with Gasteiger partial charge in [-0.3, -0.25) is 0 Å². The van der Waals surface area contributed by atoms with Crippen molar-refractivity contribution >= 4 is 0 Å². The summed E-state index contributed by atoms with van der Waals surface area (Å²) in [4.78, 5) is 0. The number of nitrogens with one attached hydrogen (secondary N) is 1. The minimum Gasteiger partial charge on any atom is -0.487 e. The molecule has 0 radical (unpaired) electrons. The Kier molecular flexibility index (Phi) is 10.6. The molecule has 4 atom stereocenters. The Morgan fingerprint density at radius 3 is 2.05 bits per heavy atom. The number of epoxide rings is 1. The number of ether oxygens (including phenoxy) is 3. The Morgan fingerprint density at radius 2 is 1.42 bits per heavy atom. The molecule has 38 heavy (non-hydrogen) atoms. The van der Waals surface area contributed by atoms with Gasteiger partial charge in [0.1, 0.15) is 47.5 Å². The van der Waals surface area contributed by atoms with Gasteiger partial charge in [-0.25, -0.2) is 8.78 Å². The van der Waals surface area contributed by atoms with Crippen LogP contribution in [0.25, 0.3) is 0 Å². The van der Waals surface area contributed by atoms with Crippen molar-refractivity contribution in [1.29, 1.82) is 0 Å². The number of fused-ring (bicyclic) bond motifs is 2. The van der Waals surface area contributed by atoms with E-state index in [1.807, 2.05) is 30.3 Å². The van der Waals surface area contributed by atoms with Gasteiger partial charge < -0.3 is 24.6 Å². The number of hydrogen-bond acceptors (Lipinski definition) is 5.